The van der Waals surface area contributed by atoms with Gasteiger partial charge in [0.1, 0.15) is 11.0 Å². The van der Waals surface area contributed by atoms with Crippen molar-refractivity contribution in [3.05, 3.63) is 22.8 Å². The summed E-state index contributed by atoms with van der Waals surface area (Å²) in [6.45, 7) is 2.90. The van der Waals surface area contributed by atoms with E-state index >= 15 is 0 Å². The van der Waals surface area contributed by atoms with Gasteiger partial charge in [0.05, 0.1) is 0 Å². The molecule has 1 fully saturated rings. The van der Waals surface area contributed by atoms with Crippen LogP contribution in [0.4, 0.5) is 5.82 Å². The minimum Gasteiger partial charge on any atom is -0.370 e. The molecule has 1 aromatic rings. The summed E-state index contributed by atoms with van der Waals surface area (Å²) in [7, 11) is 1.86. The number of carbonyl (C=O) groups is 1. The Morgan fingerprint density at radius 2 is 2.26 bits per heavy atom. The van der Waals surface area contributed by atoms with Crippen molar-refractivity contribution < 1.29 is 4.79 Å². The maximum absolute atomic E-state index is 12.4. The number of nitrogens with one attached hydrogen (secondary N) is 1. The summed E-state index contributed by atoms with van der Waals surface area (Å²) in [6, 6.07) is 3.79. The van der Waals surface area contributed by atoms with Crippen LogP contribution in [0.1, 0.15) is 43.0 Å². The number of carbonyl (C=O) groups excluding carboxylic acids is 1. The summed E-state index contributed by atoms with van der Waals surface area (Å²) in [5, 5.41) is 3.51. The van der Waals surface area contributed by atoms with Crippen LogP contribution in [-0.4, -0.2) is 35.4 Å². The summed E-state index contributed by atoms with van der Waals surface area (Å²) < 4.78 is 0. The molecule has 1 amide bonds. The van der Waals surface area contributed by atoms with Gasteiger partial charge in [-0.3, -0.25) is 4.79 Å². The fourth-order valence-electron chi connectivity index (χ4n) is 2.11. The molecule has 0 bridgehead atoms. The average Bonchev–Trinajstić information content (AvgIpc) is 2.32. The van der Waals surface area contributed by atoms with Crippen LogP contribution >= 0.6 is 11.6 Å². The van der Waals surface area contributed by atoms with E-state index in [-0.39, 0.29) is 5.91 Å². The summed E-state index contributed by atoms with van der Waals surface area (Å²) in [4.78, 5) is 18.4. The van der Waals surface area contributed by atoms with Crippen molar-refractivity contribution in [3.63, 3.8) is 0 Å². The van der Waals surface area contributed by atoms with Gasteiger partial charge in [0.15, 0.2) is 0 Å². The molecule has 0 spiro atoms. The average molecular weight is 282 g/mol. The molecule has 1 aliphatic carbocycles. The lowest BCUT2D eigenvalue weighted by molar-refractivity contribution is 0.0652. The number of rotatable bonds is 5. The highest BCUT2D eigenvalue weighted by molar-refractivity contribution is 6.29. The highest BCUT2D eigenvalue weighted by Gasteiger charge is 2.26. The Kier molecular flexibility index (Phi) is 4.64. The van der Waals surface area contributed by atoms with Crippen molar-refractivity contribution >= 4 is 23.3 Å². The molecule has 0 atom stereocenters. The van der Waals surface area contributed by atoms with Gasteiger partial charge in [0.25, 0.3) is 5.91 Å². The third-order valence-electron chi connectivity index (χ3n) is 3.54. The van der Waals surface area contributed by atoms with Gasteiger partial charge in [0, 0.05) is 25.2 Å². The molecule has 0 radical (unpaired) electrons. The quantitative estimate of drug-likeness (QED) is 0.843. The zero-order valence-electron chi connectivity index (χ0n) is 11.4. The van der Waals surface area contributed by atoms with E-state index in [1.807, 2.05) is 11.9 Å². The van der Waals surface area contributed by atoms with Crippen LogP contribution < -0.4 is 5.32 Å². The SMILES string of the molecule is CCCNc1cc(C(=O)N(C)C2CCC2)cc(Cl)n1. The molecule has 5 heteroatoms. The molecule has 1 saturated carbocycles. The second-order valence-corrected chi connectivity index (χ2v) is 5.38. The first-order valence-corrected chi connectivity index (χ1v) is 7.18. The molecule has 0 unspecified atom stereocenters. The van der Waals surface area contributed by atoms with Crippen molar-refractivity contribution in [3.8, 4) is 0 Å². The van der Waals surface area contributed by atoms with Crippen LogP contribution in [0, 0.1) is 0 Å². The Morgan fingerprint density at radius 1 is 1.53 bits per heavy atom. The minimum absolute atomic E-state index is 0.0218. The minimum atomic E-state index is 0.0218. The Balaban J connectivity index is 2.13. The monoisotopic (exact) mass is 281 g/mol. The number of halogens is 1. The van der Waals surface area contributed by atoms with Gasteiger partial charge in [-0.2, -0.15) is 0 Å². The predicted octanol–water partition coefficient (Wildman–Crippen LogP) is 3.18. The Morgan fingerprint density at radius 3 is 2.84 bits per heavy atom. The van der Waals surface area contributed by atoms with E-state index in [0.29, 0.717) is 22.6 Å². The third kappa shape index (κ3) is 3.38. The first kappa shape index (κ1) is 14.1. The zero-order valence-corrected chi connectivity index (χ0v) is 12.2. The van der Waals surface area contributed by atoms with Gasteiger partial charge < -0.3 is 10.2 Å². The smallest absolute Gasteiger partial charge is 0.254 e. The molecule has 4 nitrogen and oxygen atoms in total. The summed E-state index contributed by atoms with van der Waals surface area (Å²) >= 11 is 5.98. The lowest BCUT2D eigenvalue weighted by atomic mass is 9.91. The van der Waals surface area contributed by atoms with E-state index < -0.39 is 0 Å². The van der Waals surface area contributed by atoms with Crippen molar-refractivity contribution in [1.82, 2.24) is 9.88 Å². The number of aromatic nitrogens is 1. The highest BCUT2D eigenvalue weighted by atomic mass is 35.5. The van der Waals surface area contributed by atoms with E-state index in [2.05, 4.69) is 17.2 Å². The van der Waals surface area contributed by atoms with Gasteiger partial charge in [-0.1, -0.05) is 18.5 Å². The molecule has 1 heterocycles. The summed E-state index contributed by atoms with van der Waals surface area (Å²) in [5.74, 6) is 0.688. The molecule has 19 heavy (non-hydrogen) atoms. The maximum atomic E-state index is 12.4. The van der Waals surface area contributed by atoms with Gasteiger partial charge >= 0.3 is 0 Å². The van der Waals surface area contributed by atoms with Crippen LogP contribution in [0.2, 0.25) is 5.15 Å². The van der Waals surface area contributed by atoms with Crippen LogP contribution in [-0.2, 0) is 0 Å². The first-order chi connectivity index (χ1) is 9.11. The standard InChI is InChI=1S/C14H20ClN3O/c1-3-7-16-13-9-10(8-12(15)17-13)14(19)18(2)11-5-4-6-11/h8-9,11H,3-7H2,1-2H3,(H,16,17). The number of hydrogen-bond donors (Lipinski definition) is 1. The molecule has 0 saturated heterocycles. The zero-order chi connectivity index (χ0) is 13.8. The van der Waals surface area contributed by atoms with Gasteiger partial charge in [-0.25, -0.2) is 4.98 Å². The number of anilines is 1. The lowest BCUT2D eigenvalue weighted by Gasteiger charge is -2.34. The Labute approximate surface area is 119 Å². The first-order valence-electron chi connectivity index (χ1n) is 6.80. The van der Waals surface area contributed by atoms with Gasteiger partial charge in [0.2, 0.25) is 0 Å². The molecule has 0 aliphatic heterocycles. The third-order valence-corrected chi connectivity index (χ3v) is 3.73. The second-order valence-electron chi connectivity index (χ2n) is 4.99. The molecule has 104 valence electrons. The van der Waals surface area contributed by atoms with Crippen LogP contribution in [0.5, 0.6) is 0 Å². The predicted molar refractivity (Wildman–Crippen MR) is 77.8 cm³/mol. The normalized spacial score (nSPS) is 14.9. The van der Waals surface area contributed by atoms with Crippen molar-refractivity contribution in [2.24, 2.45) is 0 Å². The Bertz CT molecular complexity index is 460. The van der Waals surface area contributed by atoms with E-state index in [1.165, 1.54) is 6.42 Å². The highest BCUT2D eigenvalue weighted by Crippen LogP contribution is 2.25. The van der Waals surface area contributed by atoms with Crippen molar-refractivity contribution in [2.75, 3.05) is 18.9 Å². The number of amides is 1. The van der Waals surface area contributed by atoms with Crippen LogP contribution in [0.25, 0.3) is 0 Å². The maximum Gasteiger partial charge on any atom is 0.254 e. The Hall–Kier alpha value is -1.29. The summed E-state index contributed by atoms with van der Waals surface area (Å²) in [6.07, 6.45) is 4.41. The fourth-order valence-corrected chi connectivity index (χ4v) is 2.32. The molecule has 0 aromatic carbocycles. The van der Waals surface area contributed by atoms with Crippen LogP contribution in [0.15, 0.2) is 12.1 Å². The van der Waals surface area contributed by atoms with Gasteiger partial charge in [-0.15, -0.1) is 0 Å². The topological polar surface area (TPSA) is 45.2 Å². The van der Waals surface area contributed by atoms with E-state index in [1.54, 1.807) is 12.1 Å². The largest absolute Gasteiger partial charge is 0.370 e. The summed E-state index contributed by atoms with van der Waals surface area (Å²) in [5.41, 5.74) is 0.605. The van der Waals surface area contributed by atoms with E-state index in [0.717, 1.165) is 25.8 Å². The lowest BCUT2D eigenvalue weighted by Crippen LogP contribution is -2.41. The van der Waals surface area contributed by atoms with Crippen molar-refractivity contribution in [2.45, 2.75) is 38.6 Å². The molecule has 1 aromatic heterocycles. The fraction of sp³-hybridized carbons (Fsp3) is 0.571. The van der Waals surface area contributed by atoms with E-state index in [4.69, 9.17) is 11.6 Å². The molecule has 2 rings (SSSR count). The van der Waals surface area contributed by atoms with Crippen LogP contribution in [0.3, 0.4) is 0 Å². The number of nitrogens with zero attached hydrogens (tertiary/aromatic N) is 2. The molecule has 1 N–H and O–H groups in total. The van der Waals surface area contributed by atoms with E-state index in [9.17, 15) is 4.79 Å². The van der Waals surface area contributed by atoms with Gasteiger partial charge in [-0.05, 0) is 37.8 Å². The van der Waals surface area contributed by atoms with Crippen molar-refractivity contribution in [1.29, 1.82) is 0 Å². The second kappa shape index (κ2) is 6.24. The number of hydrogen-bond acceptors (Lipinski definition) is 3. The molecular formula is C14H20ClN3O. The molecular weight excluding hydrogens is 262 g/mol. The number of pyridine rings is 1. The molecule has 1 aliphatic rings.